The maximum absolute atomic E-state index is 12.7. The largest absolute Gasteiger partial charge is 0.375 e. The van der Waals surface area contributed by atoms with Gasteiger partial charge in [-0.25, -0.2) is 8.78 Å². The highest BCUT2D eigenvalue weighted by Crippen LogP contribution is 2.20. The van der Waals surface area contributed by atoms with Gasteiger partial charge in [0.1, 0.15) is 6.61 Å². The molecule has 0 aromatic rings. The van der Waals surface area contributed by atoms with Crippen molar-refractivity contribution < 1.29 is 13.5 Å². The summed E-state index contributed by atoms with van der Waals surface area (Å²) in [5.41, 5.74) is 0. The van der Waals surface area contributed by atoms with E-state index in [0.29, 0.717) is 13.0 Å². The minimum Gasteiger partial charge on any atom is -0.375 e. The maximum Gasteiger partial charge on any atom is 0.270 e. The monoisotopic (exact) mass is 180 g/mol. The van der Waals surface area contributed by atoms with Gasteiger partial charge in [0.25, 0.3) is 5.92 Å². The molecule has 0 amide bonds. The third-order valence-electron chi connectivity index (χ3n) is 1.57. The summed E-state index contributed by atoms with van der Waals surface area (Å²) in [7, 11) is 0. The lowest BCUT2D eigenvalue weighted by Crippen LogP contribution is -2.23. The van der Waals surface area contributed by atoms with E-state index in [1.54, 1.807) is 6.92 Å². The molecule has 0 spiro atoms. The van der Waals surface area contributed by atoms with Crippen LogP contribution in [0.4, 0.5) is 8.78 Å². The van der Waals surface area contributed by atoms with Crippen LogP contribution in [0.2, 0.25) is 0 Å². The summed E-state index contributed by atoms with van der Waals surface area (Å²) in [5, 5.41) is 0. The lowest BCUT2D eigenvalue weighted by molar-refractivity contribution is -0.0827. The van der Waals surface area contributed by atoms with Crippen molar-refractivity contribution in [2.75, 3.05) is 13.2 Å². The first-order chi connectivity index (χ1) is 5.62. The fraction of sp³-hybridized carbons (Fsp3) is 1.00. The molecule has 74 valence electrons. The van der Waals surface area contributed by atoms with Gasteiger partial charge in [-0.15, -0.1) is 0 Å². The zero-order chi connectivity index (χ0) is 9.45. The number of unbranched alkanes of at least 4 members (excludes halogenated alkanes) is 1. The Hall–Kier alpha value is -0.180. The molecule has 1 nitrogen and oxygen atoms in total. The third kappa shape index (κ3) is 6.53. The second kappa shape index (κ2) is 6.35. The van der Waals surface area contributed by atoms with Gasteiger partial charge in [-0.2, -0.15) is 0 Å². The predicted octanol–water partition coefficient (Wildman–Crippen LogP) is 3.24. The summed E-state index contributed by atoms with van der Waals surface area (Å²) in [4.78, 5) is 0. The molecule has 0 unspecified atom stereocenters. The van der Waals surface area contributed by atoms with Gasteiger partial charge in [0.2, 0.25) is 0 Å². The molecule has 0 saturated heterocycles. The van der Waals surface area contributed by atoms with E-state index >= 15 is 0 Å². The minimum absolute atomic E-state index is 0.0703. The first-order valence-electron chi connectivity index (χ1n) is 4.58. The molecule has 0 saturated carbocycles. The summed E-state index contributed by atoms with van der Waals surface area (Å²) in [6.07, 6.45) is 2.28. The highest BCUT2D eigenvalue weighted by Gasteiger charge is 2.27. The molecule has 0 aliphatic heterocycles. The average molecular weight is 180 g/mol. The zero-order valence-corrected chi connectivity index (χ0v) is 7.91. The second-order valence-corrected chi connectivity index (χ2v) is 3.01. The minimum atomic E-state index is -2.62. The van der Waals surface area contributed by atoms with Gasteiger partial charge in [0.15, 0.2) is 0 Å². The van der Waals surface area contributed by atoms with Gasteiger partial charge in [0, 0.05) is 13.0 Å². The van der Waals surface area contributed by atoms with Gasteiger partial charge in [-0.05, 0) is 6.42 Å². The van der Waals surface area contributed by atoms with Gasteiger partial charge in [-0.3, -0.25) is 0 Å². The molecule has 0 rings (SSSR count). The number of rotatable bonds is 7. The molecular weight excluding hydrogens is 162 g/mol. The normalized spacial score (nSPS) is 12.0. The lowest BCUT2D eigenvalue weighted by Gasteiger charge is -2.14. The number of hydrogen-bond acceptors (Lipinski definition) is 1. The van der Waals surface area contributed by atoms with E-state index in [0.717, 1.165) is 12.8 Å². The van der Waals surface area contributed by atoms with Crippen LogP contribution in [0.1, 0.15) is 39.5 Å². The molecule has 0 aliphatic rings. The van der Waals surface area contributed by atoms with Crippen LogP contribution in [0.3, 0.4) is 0 Å². The van der Waals surface area contributed by atoms with Gasteiger partial charge >= 0.3 is 0 Å². The van der Waals surface area contributed by atoms with Crippen LogP contribution in [-0.2, 0) is 4.74 Å². The van der Waals surface area contributed by atoms with Crippen LogP contribution in [0, 0.1) is 0 Å². The van der Waals surface area contributed by atoms with Crippen LogP contribution in [0.15, 0.2) is 0 Å². The molecule has 0 aliphatic carbocycles. The molecule has 12 heavy (non-hydrogen) atoms. The fourth-order valence-electron chi connectivity index (χ4n) is 0.906. The van der Waals surface area contributed by atoms with Crippen LogP contribution >= 0.6 is 0 Å². The molecule has 0 aromatic heterocycles. The highest BCUT2D eigenvalue weighted by atomic mass is 19.3. The molecule has 0 aromatic carbocycles. The number of halogens is 2. The van der Waals surface area contributed by atoms with Gasteiger partial charge in [-0.1, -0.05) is 26.7 Å². The first kappa shape index (κ1) is 11.8. The standard InChI is InChI=1S/C9H18F2O/c1-3-5-7-12-8-9(10,11)6-4-2/h3-8H2,1-2H3. The predicted molar refractivity (Wildman–Crippen MR) is 45.6 cm³/mol. The molecule has 3 heteroatoms. The zero-order valence-electron chi connectivity index (χ0n) is 7.91. The Labute approximate surface area is 73.1 Å². The van der Waals surface area contributed by atoms with Crippen molar-refractivity contribution in [3.05, 3.63) is 0 Å². The molecule has 0 heterocycles. The summed E-state index contributed by atoms with van der Waals surface area (Å²) in [6.45, 7) is 3.80. The Kier molecular flexibility index (Phi) is 6.25. The van der Waals surface area contributed by atoms with E-state index in [1.807, 2.05) is 6.92 Å². The van der Waals surface area contributed by atoms with Crippen molar-refractivity contribution in [1.82, 2.24) is 0 Å². The summed E-state index contributed by atoms with van der Waals surface area (Å²) < 4.78 is 30.3. The van der Waals surface area contributed by atoms with E-state index in [1.165, 1.54) is 0 Å². The Bertz CT molecular complexity index is 105. The molecular formula is C9H18F2O. The third-order valence-corrected chi connectivity index (χ3v) is 1.57. The molecule has 0 fully saturated rings. The van der Waals surface area contributed by atoms with Crippen molar-refractivity contribution >= 4 is 0 Å². The smallest absolute Gasteiger partial charge is 0.270 e. The quantitative estimate of drug-likeness (QED) is 0.546. The highest BCUT2D eigenvalue weighted by molar-refractivity contribution is 4.63. The summed E-state index contributed by atoms with van der Waals surface area (Å²) >= 11 is 0. The second-order valence-electron chi connectivity index (χ2n) is 3.01. The number of alkyl halides is 2. The Morgan fingerprint density at radius 3 is 2.33 bits per heavy atom. The van der Waals surface area contributed by atoms with Gasteiger partial charge in [0.05, 0.1) is 0 Å². The van der Waals surface area contributed by atoms with Crippen molar-refractivity contribution in [3.63, 3.8) is 0 Å². The molecule has 0 radical (unpaired) electrons. The van der Waals surface area contributed by atoms with Crippen LogP contribution in [-0.4, -0.2) is 19.1 Å². The topological polar surface area (TPSA) is 9.23 Å². The van der Waals surface area contributed by atoms with Gasteiger partial charge < -0.3 is 4.74 Å². The number of ether oxygens (including phenoxy) is 1. The van der Waals surface area contributed by atoms with Crippen molar-refractivity contribution in [2.45, 2.75) is 45.5 Å². The van der Waals surface area contributed by atoms with Crippen LogP contribution in [0.5, 0.6) is 0 Å². The average Bonchev–Trinajstić information content (AvgIpc) is 1.98. The Balaban J connectivity index is 3.33. The molecule has 0 atom stereocenters. The Morgan fingerprint density at radius 2 is 1.83 bits per heavy atom. The van der Waals surface area contributed by atoms with E-state index in [9.17, 15) is 8.78 Å². The van der Waals surface area contributed by atoms with E-state index in [2.05, 4.69) is 0 Å². The van der Waals surface area contributed by atoms with E-state index in [4.69, 9.17) is 4.74 Å². The van der Waals surface area contributed by atoms with E-state index < -0.39 is 12.5 Å². The van der Waals surface area contributed by atoms with Crippen molar-refractivity contribution in [3.8, 4) is 0 Å². The van der Waals surface area contributed by atoms with Crippen molar-refractivity contribution in [1.29, 1.82) is 0 Å². The Morgan fingerprint density at radius 1 is 1.17 bits per heavy atom. The molecule has 0 bridgehead atoms. The SMILES string of the molecule is CCCCOCC(F)(F)CCC. The van der Waals surface area contributed by atoms with Crippen molar-refractivity contribution in [2.24, 2.45) is 0 Å². The number of hydrogen-bond donors (Lipinski definition) is 0. The summed E-state index contributed by atoms with van der Waals surface area (Å²) in [5.74, 6) is -2.62. The van der Waals surface area contributed by atoms with Crippen LogP contribution < -0.4 is 0 Å². The molecule has 0 N–H and O–H groups in total. The van der Waals surface area contributed by atoms with Crippen LogP contribution in [0.25, 0.3) is 0 Å². The maximum atomic E-state index is 12.7. The first-order valence-corrected chi connectivity index (χ1v) is 4.58. The summed E-state index contributed by atoms with van der Waals surface area (Å²) in [6, 6.07) is 0. The van der Waals surface area contributed by atoms with E-state index in [-0.39, 0.29) is 6.42 Å². The lowest BCUT2D eigenvalue weighted by atomic mass is 10.2. The fourth-order valence-corrected chi connectivity index (χ4v) is 0.906.